The fourth-order valence-electron chi connectivity index (χ4n) is 1.80. The second kappa shape index (κ2) is 9.88. The van der Waals surface area contributed by atoms with Crippen LogP contribution in [0.1, 0.15) is 40.0 Å². The lowest BCUT2D eigenvalue weighted by molar-refractivity contribution is -0.143. The number of amides is 1. The summed E-state index contributed by atoms with van der Waals surface area (Å²) in [5.74, 6) is 0.421. The Morgan fingerprint density at radius 2 is 2.00 bits per heavy atom. The quantitative estimate of drug-likeness (QED) is 0.606. The summed E-state index contributed by atoms with van der Waals surface area (Å²) in [4.78, 5) is 22.7. The van der Waals surface area contributed by atoms with E-state index in [1.54, 1.807) is 6.92 Å². The molecule has 3 N–H and O–H groups in total. The van der Waals surface area contributed by atoms with Gasteiger partial charge in [0.25, 0.3) is 0 Å². The van der Waals surface area contributed by atoms with Crippen molar-refractivity contribution in [3.63, 3.8) is 0 Å². The Labute approximate surface area is 109 Å². The average Bonchev–Trinajstić information content (AvgIpc) is 2.27. The van der Waals surface area contributed by atoms with E-state index in [9.17, 15) is 9.59 Å². The lowest BCUT2D eigenvalue weighted by Crippen LogP contribution is -2.30. The number of ether oxygens (including phenoxy) is 1. The van der Waals surface area contributed by atoms with Gasteiger partial charge in [0.05, 0.1) is 13.0 Å². The lowest BCUT2D eigenvalue weighted by Gasteiger charge is -2.16. The molecule has 5 nitrogen and oxygen atoms in total. The van der Waals surface area contributed by atoms with Crippen LogP contribution in [0.2, 0.25) is 0 Å². The molecule has 0 aromatic heterocycles. The van der Waals surface area contributed by atoms with Gasteiger partial charge in [-0.3, -0.25) is 9.59 Å². The van der Waals surface area contributed by atoms with Crippen LogP contribution < -0.4 is 11.1 Å². The van der Waals surface area contributed by atoms with E-state index in [1.165, 1.54) is 0 Å². The highest BCUT2D eigenvalue weighted by molar-refractivity contribution is 5.77. The highest BCUT2D eigenvalue weighted by atomic mass is 16.5. The minimum absolute atomic E-state index is 0.0459. The van der Waals surface area contributed by atoms with Gasteiger partial charge in [0.15, 0.2) is 0 Å². The Morgan fingerprint density at radius 3 is 2.50 bits per heavy atom. The van der Waals surface area contributed by atoms with E-state index in [4.69, 9.17) is 10.5 Å². The van der Waals surface area contributed by atoms with Crippen LogP contribution in [0.15, 0.2) is 0 Å². The molecule has 0 aromatic carbocycles. The first-order valence-corrected chi connectivity index (χ1v) is 6.61. The molecule has 1 atom stereocenters. The molecule has 0 rings (SSSR count). The van der Waals surface area contributed by atoms with Gasteiger partial charge < -0.3 is 15.8 Å². The molecule has 5 heteroatoms. The standard InChI is InChI=1S/C13H26N2O3/c1-4-18-13(17)5-6-15-12(16)8-11(9-14)7-10(2)3/h10-11H,4-9,14H2,1-3H3,(H,15,16). The smallest absolute Gasteiger partial charge is 0.307 e. The third-order valence-electron chi connectivity index (χ3n) is 2.57. The molecule has 0 aliphatic rings. The topological polar surface area (TPSA) is 81.4 Å². The lowest BCUT2D eigenvalue weighted by atomic mass is 9.94. The van der Waals surface area contributed by atoms with Gasteiger partial charge >= 0.3 is 5.97 Å². The van der Waals surface area contributed by atoms with Crippen molar-refractivity contribution in [2.45, 2.75) is 40.0 Å². The molecule has 0 aliphatic carbocycles. The molecule has 1 unspecified atom stereocenters. The maximum Gasteiger partial charge on any atom is 0.307 e. The predicted molar refractivity (Wildman–Crippen MR) is 70.9 cm³/mol. The highest BCUT2D eigenvalue weighted by Crippen LogP contribution is 2.13. The molecule has 0 saturated carbocycles. The van der Waals surface area contributed by atoms with Crippen molar-refractivity contribution < 1.29 is 14.3 Å². The summed E-state index contributed by atoms with van der Waals surface area (Å²) in [5, 5.41) is 2.71. The molecule has 106 valence electrons. The number of nitrogens with two attached hydrogens (primary N) is 1. The molecule has 1 amide bonds. The zero-order valence-corrected chi connectivity index (χ0v) is 11.7. The van der Waals surface area contributed by atoms with Crippen molar-refractivity contribution in [1.82, 2.24) is 5.32 Å². The SMILES string of the molecule is CCOC(=O)CCNC(=O)CC(CN)CC(C)C. The van der Waals surface area contributed by atoms with Crippen LogP contribution in [0.3, 0.4) is 0 Å². The van der Waals surface area contributed by atoms with Crippen molar-refractivity contribution in [3.8, 4) is 0 Å². The molecular formula is C13H26N2O3. The molecule has 0 bridgehead atoms. The first-order valence-electron chi connectivity index (χ1n) is 6.61. The van der Waals surface area contributed by atoms with E-state index in [1.807, 2.05) is 0 Å². The van der Waals surface area contributed by atoms with Crippen LogP contribution in [-0.2, 0) is 14.3 Å². The second-order valence-electron chi connectivity index (χ2n) is 4.84. The molecule has 0 heterocycles. The Balaban J connectivity index is 3.78. The van der Waals surface area contributed by atoms with E-state index in [2.05, 4.69) is 19.2 Å². The molecule has 0 saturated heterocycles. The second-order valence-corrected chi connectivity index (χ2v) is 4.84. The van der Waals surface area contributed by atoms with Crippen LogP contribution in [0.4, 0.5) is 0 Å². The van der Waals surface area contributed by atoms with Gasteiger partial charge in [-0.1, -0.05) is 13.8 Å². The number of nitrogens with one attached hydrogen (secondary N) is 1. The van der Waals surface area contributed by atoms with E-state index in [-0.39, 0.29) is 24.2 Å². The zero-order valence-electron chi connectivity index (χ0n) is 11.7. The Morgan fingerprint density at radius 1 is 1.33 bits per heavy atom. The van der Waals surface area contributed by atoms with Gasteiger partial charge in [0.1, 0.15) is 0 Å². The number of hydrogen-bond acceptors (Lipinski definition) is 4. The van der Waals surface area contributed by atoms with Crippen LogP contribution in [0.25, 0.3) is 0 Å². The predicted octanol–water partition coefficient (Wildman–Crippen LogP) is 1.07. The molecule has 0 aromatic rings. The molecule has 0 fully saturated rings. The van der Waals surface area contributed by atoms with Gasteiger partial charge in [-0.25, -0.2) is 0 Å². The van der Waals surface area contributed by atoms with Gasteiger partial charge in [0, 0.05) is 13.0 Å². The van der Waals surface area contributed by atoms with E-state index >= 15 is 0 Å². The summed E-state index contributed by atoms with van der Waals surface area (Å²) < 4.78 is 4.77. The number of esters is 1. The zero-order chi connectivity index (χ0) is 14.0. The Kier molecular flexibility index (Phi) is 9.28. The van der Waals surface area contributed by atoms with E-state index < -0.39 is 0 Å². The van der Waals surface area contributed by atoms with E-state index in [0.29, 0.717) is 32.0 Å². The molecular weight excluding hydrogens is 232 g/mol. The first kappa shape index (κ1) is 16.9. The summed E-state index contributed by atoms with van der Waals surface area (Å²) >= 11 is 0. The maximum absolute atomic E-state index is 11.6. The number of rotatable bonds is 9. The Hall–Kier alpha value is -1.10. The summed E-state index contributed by atoms with van der Waals surface area (Å²) in [6.45, 7) is 7.20. The third-order valence-corrected chi connectivity index (χ3v) is 2.57. The van der Waals surface area contributed by atoms with Crippen LogP contribution in [0, 0.1) is 11.8 Å². The van der Waals surface area contributed by atoms with Gasteiger partial charge in [0.2, 0.25) is 5.91 Å². The van der Waals surface area contributed by atoms with Crippen molar-refractivity contribution in [1.29, 1.82) is 0 Å². The van der Waals surface area contributed by atoms with Crippen molar-refractivity contribution in [2.24, 2.45) is 17.6 Å². The minimum Gasteiger partial charge on any atom is -0.466 e. The van der Waals surface area contributed by atoms with Gasteiger partial charge in [-0.15, -0.1) is 0 Å². The number of carbonyl (C=O) groups excluding carboxylic acids is 2. The summed E-state index contributed by atoms with van der Waals surface area (Å²) in [6, 6.07) is 0. The largest absolute Gasteiger partial charge is 0.466 e. The molecule has 0 radical (unpaired) electrons. The molecule has 0 spiro atoms. The third kappa shape index (κ3) is 8.98. The van der Waals surface area contributed by atoms with Crippen LogP contribution in [0.5, 0.6) is 0 Å². The number of hydrogen-bond donors (Lipinski definition) is 2. The highest BCUT2D eigenvalue weighted by Gasteiger charge is 2.14. The van der Waals surface area contributed by atoms with Crippen LogP contribution in [-0.4, -0.2) is 31.6 Å². The van der Waals surface area contributed by atoms with E-state index in [0.717, 1.165) is 6.42 Å². The van der Waals surface area contributed by atoms with Crippen molar-refractivity contribution in [2.75, 3.05) is 19.7 Å². The summed E-state index contributed by atoms with van der Waals surface area (Å²) in [7, 11) is 0. The minimum atomic E-state index is -0.282. The normalized spacial score (nSPS) is 12.3. The Bertz CT molecular complexity index is 255. The summed E-state index contributed by atoms with van der Waals surface area (Å²) in [5.41, 5.74) is 5.63. The molecule has 0 aliphatic heterocycles. The van der Waals surface area contributed by atoms with Crippen LogP contribution >= 0.6 is 0 Å². The van der Waals surface area contributed by atoms with Crippen molar-refractivity contribution >= 4 is 11.9 Å². The average molecular weight is 258 g/mol. The first-order chi connectivity index (χ1) is 8.49. The van der Waals surface area contributed by atoms with Gasteiger partial charge in [-0.05, 0) is 31.7 Å². The fraction of sp³-hybridized carbons (Fsp3) is 0.846. The molecule has 18 heavy (non-hydrogen) atoms. The monoisotopic (exact) mass is 258 g/mol. The maximum atomic E-state index is 11.6. The van der Waals surface area contributed by atoms with Crippen molar-refractivity contribution in [3.05, 3.63) is 0 Å². The van der Waals surface area contributed by atoms with Gasteiger partial charge in [-0.2, -0.15) is 0 Å². The fourth-order valence-corrected chi connectivity index (χ4v) is 1.80. The summed E-state index contributed by atoms with van der Waals surface area (Å²) in [6.07, 6.45) is 1.59. The number of carbonyl (C=O) groups is 2.